The highest BCUT2D eigenvalue weighted by Gasteiger charge is 2.24. The van der Waals surface area contributed by atoms with Gasteiger partial charge in [-0.3, -0.25) is 9.52 Å². The fraction of sp³-hybridized carbons (Fsp3) is 0.240. The predicted octanol–water partition coefficient (Wildman–Crippen LogP) is 5.59. The molecule has 31 heavy (non-hydrogen) atoms. The summed E-state index contributed by atoms with van der Waals surface area (Å²) < 4.78 is 29.3. The van der Waals surface area contributed by atoms with Crippen LogP contribution in [0, 0.1) is 41.5 Å². The van der Waals surface area contributed by atoms with Crippen LogP contribution in [0.5, 0.6) is 0 Å². The zero-order valence-electron chi connectivity index (χ0n) is 18.8. The van der Waals surface area contributed by atoms with Gasteiger partial charge in [-0.05, 0) is 99.2 Å². The van der Waals surface area contributed by atoms with Gasteiger partial charge in [-0.15, -0.1) is 0 Å². The lowest BCUT2D eigenvalue weighted by molar-refractivity contribution is 0.102. The van der Waals surface area contributed by atoms with Crippen LogP contribution in [0.4, 0.5) is 11.4 Å². The van der Waals surface area contributed by atoms with Crippen molar-refractivity contribution in [1.29, 1.82) is 0 Å². The van der Waals surface area contributed by atoms with Gasteiger partial charge in [0.1, 0.15) is 0 Å². The summed E-state index contributed by atoms with van der Waals surface area (Å²) in [5, 5.41) is 2.87. The summed E-state index contributed by atoms with van der Waals surface area (Å²) in [6.45, 7) is 11.3. The first-order valence-electron chi connectivity index (χ1n) is 10.1. The molecule has 0 aliphatic heterocycles. The molecule has 0 bridgehead atoms. The van der Waals surface area contributed by atoms with Gasteiger partial charge in [0.25, 0.3) is 15.9 Å². The van der Waals surface area contributed by atoms with Crippen LogP contribution in [0.3, 0.4) is 0 Å². The normalized spacial score (nSPS) is 11.3. The molecule has 0 saturated heterocycles. The van der Waals surface area contributed by atoms with Crippen LogP contribution in [0.1, 0.15) is 43.7 Å². The molecule has 6 heteroatoms. The average molecular weight is 437 g/mol. The summed E-state index contributed by atoms with van der Waals surface area (Å²) in [6.07, 6.45) is 0. The molecular formula is C25H28N2O3S. The number of hydrogen-bond donors (Lipinski definition) is 2. The summed E-state index contributed by atoms with van der Waals surface area (Å²) >= 11 is 0. The Morgan fingerprint density at radius 1 is 0.774 bits per heavy atom. The maximum Gasteiger partial charge on any atom is 0.262 e. The van der Waals surface area contributed by atoms with E-state index in [0.29, 0.717) is 16.8 Å². The third-order valence-corrected chi connectivity index (χ3v) is 7.10. The van der Waals surface area contributed by atoms with E-state index in [1.165, 1.54) is 0 Å². The summed E-state index contributed by atoms with van der Waals surface area (Å²) in [5.41, 5.74) is 6.44. The Balaban J connectivity index is 1.98. The SMILES string of the molecule is Cc1cc(C)cc(NC(=O)c2ccccc2NS(=O)(=O)c2c(C)c(C)cc(C)c2C)c1. The van der Waals surface area contributed by atoms with E-state index < -0.39 is 10.0 Å². The first-order chi connectivity index (χ1) is 14.5. The molecule has 3 aromatic carbocycles. The molecule has 0 heterocycles. The summed E-state index contributed by atoms with van der Waals surface area (Å²) in [5.74, 6) is -0.378. The van der Waals surface area contributed by atoms with Crippen molar-refractivity contribution >= 4 is 27.3 Å². The maximum absolute atomic E-state index is 13.3. The molecule has 1 amide bonds. The zero-order chi connectivity index (χ0) is 22.9. The van der Waals surface area contributed by atoms with Gasteiger partial charge in [0.2, 0.25) is 0 Å². The molecule has 162 valence electrons. The van der Waals surface area contributed by atoms with Gasteiger partial charge in [0, 0.05) is 5.69 Å². The second-order valence-corrected chi connectivity index (χ2v) is 9.69. The summed E-state index contributed by atoms with van der Waals surface area (Å²) in [7, 11) is -3.89. The van der Waals surface area contributed by atoms with Gasteiger partial charge < -0.3 is 5.32 Å². The Bertz CT molecular complexity index is 1230. The molecule has 3 rings (SSSR count). The second kappa shape index (κ2) is 8.55. The summed E-state index contributed by atoms with van der Waals surface area (Å²) in [4.78, 5) is 13.2. The van der Waals surface area contributed by atoms with Crippen molar-refractivity contribution in [2.24, 2.45) is 0 Å². The standard InChI is InChI=1S/C25H28N2O3S/c1-15-11-16(2)13-21(12-15)26-25(28)22-9-7-8-10-23(22)27-31(29,30)24-19(5)17(3)14-18(4)20(24)6/h7-14,27H,1-6H3,(H,26,28). The Labute approximate surface area is 184 Å². The highest BCUT2D eigenvalue weighted by atomic mass is 32.2. The number of sulfonamides is 1. The molecular weight excluding hydrogens is 408 g/mol. The van der Waals surface area contributed by atoms with Gasteiger partial charge in [0.05, 0.1) is 16.1 Å². The first kappa shape index (κ1) is 22.6. The lowest BCUT2D eigenvalue weighted by Crippen LogP contribution is -2.20. The number of benzene rings is 3. The third kappa shape index (κ3) is 4.80. The third-order valence-electron chi connectivity index (χ3n) is 5.46. The van der Waals surface area contributed by atoms with Crippen LogP contribution >= 0.6 is 0 Å². The van der Waals surface area contributed by atoms with Crippen LogP contribution in [0.15, 0.2) is 53.4 Å². The van der Waals surface area contributed by atoms with Crippen molar-refractivity contribution in [3.63, 3.8) is 0 Å². The smallest absolute Gasteiger partial charge is 0.262 e. The van der Waals surface area contributed by atoms with E-state index in [1.807, 2.05) is 52.0 Å². The molecule has 0 fully saturated rings. The van der Waals surface area contributed by atoms with E-state index in [2.05, 4.69) is 10.0 Å². The van der Waals surface area contributed by atoms with E-state index in [1.54, 1.807) is 38.1 Å². The zero-order valence-corrected chi connectivity index (χ0v) is 19.6. The highest BCUT2D eigenvalue weighted by molar-refractivity contribution is 7.92. The Hall–Kier alpha value is -3.12. The molecule has 0 atom stereocenters. The molecule has 5 nitrogen and oxygen atoms in total. The van der Waals surface area contributed by atoms with Crippen molar-refractivity contribution in [3.8, 4) is 0 Å². The molecule has 0 aromatic heterocycles. The van der Waals surface area contributed by atoms with Crippen molar-refractivity contribution < 1.29 is 13.2 Å². The minimum absolute atomic E-state index is 0.238. The molecule has 0 unspecified atom stereocenters. The predicted molar refractivity (Wildman–Crippen MR) is 127 cm³/mol. The fourth-order valence-electron chi connectivity index (χ4n) is 3.79. The van der Waals surface area contributed by atoms with E-state index in [9.17, 15) is 13.2 Å². The first-order valence-corrected chi connectivity index (χ1v) is 11.6. The number of amides is 1. The van der Waals surface area contributed by atoms with E-state index in [4.69, 9.17) is 0 Å². The monoisotopic (exact) mass is 436 g/mol. The Morgan fingerprint density at radius 2 is 1.32 bits per heavy atom. The van der Waals surface area contributed by atoms with Gasteiger partial charge >= 0.3 is 0 Å². The number of rotatable bonds is 5. The maximum atomic E-state index is 13.3. The van der Waals surface area contributed by atoms with Crippen molar-refractivity contribution in [2.75, 3.05) is 10.0 Å². The Kier molecular flexibility index (Phi) is 6.23. The van der Waals surface area contributed by atoms with Gasteiger partial charge in [-0.25, -0.2) is 8.42 Å². The number of carbonyl (C=O) groups is 1. The minimum atomic E-state index is -3.89. The van der Waals surface area contributed by atoms with Crippen molar-refractivity contribution in [3.05, 3.63) is 87.5 Å². The number of aryl methyl sites for hydroxylation is 4. The number of nitrogens with one attached hydrogen (secondary N) is 2. The van der Waals surface area contributed by atoms with E-state index >= 15 is 0 Å². The van der Waals surface area contributed by atoms with Gasteiger partial charge in [0.15, 0.2) is 0 Å². The quantitative estimate of drug-likeness (QED) is 0.547. The molecule has 0 aliphatic rings. The molecule has 0 saturated carbocycles. The minimum Gasteiger partial charge on any atom is -0.322 e. The summed E-state index contributed by atoms with van der Waals surface area (Å²) in [6, 6.07) is 14.4. The van der Waals surface area contributed by atoms with Crippen molar-refractivity contribution in [1.82, 2.24) is 0 Å². The van der Waals surface area contributed by atoms with Crippen LogP contribution in [0.2, 0.25) is 0 Å². The van der Waals surface area contributed by atoms with Gasteiger partial charge in [-0.1, -0.05) is 24.3 Å². The topological polar surface area (TPSA) is 75.3 Å². The lowest BCUT2D eigenvalue weighted by Gasteiger charge is -2.18. The van der Waals surface area contributed by atoms with Crippen LogP contribution in [-0.2, 0) is 10.0 Å². The van der Waals surface area contributed by atoms with Crippen LogP contribution in [0.25, 0.3) is 0 Å². The molecule has 3 aromatic rings. The Morgan fingerprint density at radius 3 is 1.90 bits per heavy atom. The van der Waals surface area contributed by atoms with E-state index in [0.717, 1.165) is 22.3 Å². The largest absolute Gasteiger partial charge is 0.322 e. The number of anilines is 2. The molecule has 0 aliphatic carbocycles. The van der Waals surface area contributed by atoms with Crippen molar-refractivity contribution in [2.45, 2.75) is 46.4 Å². The average Bonchev–Trinajstić information content (AvgIpc) is 2.65. The molecule has 0 spiro atoms. The lowest BCUT2D eigenvalue weighted by atomic mass is 10.0. The highest BCUT2D eigenvalue weighted by Crippen LogP contribution is 2.29. The molecule has 0 radical (unpaired) electrons. The number of para-hydroxylation sites is 1. The second-order valence-electron chi connectivity index (χ2n) is 8.07. The molecule has 2 N–H and O–H groups in total. The number of hydrogen-bond acceptors (Lipinski definition) is 3. The number of carbonyl (C=O) groups excluding carboxylic acids is 1. The fourth-order valence-corrected chi connectivity index (χ4v) is 5.49. The van der Waals surface area contributed by atoms with Crippen LogP contribution in [-0.4, -0.2) is 14.3 Å². The van der Waals surface area contributed by atoms with Gasteiger partial charge in [-0.2, -0.15) is 0 Å². The van der Waals surface area contributed by atoms with Crippen LogP contribution < -0.4 is 10.0 Å². The van der Waals surface area contributed by atoms with E-state index in [-0.39, 0.29) is 22.1 Å².